The number of ketones is 1. The molecule has 3 nitrogen and oxygen atoms in total. The maximum Gasteiger partial charge on any atom is 0.185 e. The van der Waals surface area contributed by atoms with E-state index in [9.17, 15) is 4.79 Å². The zero-order chi connectivity index (χ0) is 12.3. The fourth-order valence-corrected chi connectivity index (χ4v) is 1.66. The molecule has 0 saturated heterocycles. The van der Waals surface area contributed by atoms with E-state index < -0.39 is 0 Å². The molecule has 1 heterocycles. The summed E-state index contributed by atoms with van der Waals surface area (Å²) in [7, 11) is 0. The van der Waals surface area contributed by atoms with E-state index >= 15 is 0 Å². The van der Waals surface area contributed by atoms with Crippen LogP contribution in [0.4, 0.5) is 0 Å². The first-order valence-electron chi connectivity index (χ1n) is 5.76. The molecule has 17 heavy (non-hydrogen) atoms. The second kappa shape index (κ2) is 5.04. The summed E-state index contributed by atoms with van der Waals surface area (Å²) >= 11 is 0. The van der Waals surface area contributed by atoms with E-state index in [0.29, 0.717) is 24.5 Å². The minimum absolute atomic E-state index is 0.000599. The van der Waals surface area contributed by atoms with Gasteiger partial charge in [0.05, 0.1) is 13.2 Å². The molecule has 3 heteroatoms. The number of allylic oxidation sites excluding steroid dienone is 2. The summed E-state index contributed by atoms with van der Waals surface area (Å²) in [5.41, 5.74) is 1.62. The Bertz CT molecular complexity index is 457. The normalized spacial score (nSPS) is 13.8. The van der Waals surface area contributed by atoms with Crippen LogP contribution in [0.1, 0.15) is 30.6 Å². The van der Waals surface area contributed by atoms with Crippen molar-refractivity contribution >= 4 is 5.78 Å². The van der Waals surface area contributed by atoms with Gasteiger partial charge in [-0.3, -0.25) is 4.79 Å². The fourth-order valence-electron chi connectivity index (χ4n) is 1.66. The lowest BCUT2D eigenvalue weighted by Gasteiger charge is -2.07. The average Bonchev–Trinajstić information content (AvgIpc) is 2.51. The van der Waals surface area contributed by atoms with Crippen LogP contribution in [0.3, 0.4) is 0 Å². The molecule has 0 bridgehead atoms. The molecule has 0 fully saturated rings. The molecular weight excluding hydrogens is 216 g/mol. The summed E-state index contributed by atoms with van der Waals surface area (Å²) in [4.78, 5) is 11.9. The van der Waals surface area contributed by atoms with E-state index in [4.69, 9.17) is 9.47 Å². The molecule has 0 amide bonds. The van der Waals surface area contributed by atoms with Gasteiger partial charge in [-0.2, -0.15) is 0 Å². The van der Waals surface area contributed by atoms with Gasteiger partial charge in [-0.15, -0.1) is 0 Å². The third-order valence-corrected chi connectivity index (χ3v) is 2.45. The number of hydrogen-bond donors (Lipinski definition) is 0. The van der Waals surface area contributed by atoms with E-state index in [0.717, 1.165) is 17.7 Å². The molecule has 1 aromatic carbocycles. The molecule has 2 rings (SSSR count). The van der Waals surface area contributed by atoms with Gasteiger partial charge in [0.25, 0.3) is 0 Å². The van der Waals surface area contributed by atoms with Gasteiger partial charge in [0.1, 0.15) is 0 Å². The number of benzene rings is 1. The average molecular weight is 232 g/mol. The van der Waals surface area contributed by atoms with E-state index in [1.165, 1.54) is 0 Å². The molecule has 1 aromatic rings. The van der Waals surface area contributed by atoms with Gasteiger partial charge in [-0.05, 0) is 38.1 Å². The lowest BCUT2D eigenvalue weighted by molar-refractivity contribution is 0.104. The summed E-state index contributed by atoms with van der Waals surface area (Å²) in [6.45, 7) is 5.10. The monoisotopic (exact) mass is 232 g/mol. The van der Waals surface area contributed by atoms with Crippen LogP contribution in [0.2, 0.25) is 0 Å². The molecular formula is C14H16O3. The predicted molar refractivity (Wildman–Crippen MR) is 65.8 cm³/mol. The minimum Gasteiger partial charge on any atom is -0.490 e. The standard InChI is InChI=1S/C14H16O3/c1-10(2)8-12(15)11-4-5-13-14(9-11)17-7-3-6-16-13/h4-5,8-9H,3,6-7H2,1-2H3. The third-order valence-electron chi connectivity index (χ3n) is 2.45. The van der Waals surface area contributed by atoms with Crippen LogP contribution < -0.4 is 9.47 Å². The molecule has 0 unspecified atom stereocenters. The Morgan fingerprint density at radius 1 is 1.18 bits per heavy atom. The first-order chi connectivity index (χ1) is 8.16. The van der Waals surface area contributed by atoms with Crippen LogP contribution in [-0.2, 0) is 0 Å². The van der Waals surface area contributed by atoms with Crippen molar-refractivity contribution in [2.24, 2.45) is 0 Å². The molecule has 0 spiro atoms. The summed E-state index contributed by atoms with van der Waals surface area (Å²) in [6.07, 6.45) is 2.49. The van der Waals surface area contributed by atoms with Gasteiger partial charge in [-0.1, -0.05) is 5.57 Å². The molecule has 0 aromatic heterocycles. The SMILES string of the molecule is CC(C)=CC(=O)c1ccc2c(c1)OCCCO2. The van der Waals surface area contributed by atoms with Crippen LogP contribution in [0.25, 0.3) is 0 Å². The van der Waals surface area contributed by atoms with Crippen LogP contribution >= 0.6 is 0 Å². The van der Waals surface area contributed by atoms with Gasteiger partial charge in [0, 0.05) is 12.0 Å². The van der Waals surface area contributed by atoms with Crippen molar-refractivity contribution in [2.45, 2.75) is 20.3 Å². The van der Waals surface area contributed by atoms with E-state index in [1.54, 1.807) is 24.3 Å². The summed E-state index contributed by atoms with van der Waals surface area (Å²) in [5.74, 6) is 1.38. The summed E-state index contributed by atoms with van der Waals surface area (Å²) in [5, 5.41) is 0. The van der Waals surface area contributed by atoms with Crippen LogP contribution in [-0.4, -0.2) is 19.0 Å². The van der Waals surface area contributed by atoms with E-state index in [2.05, 4.69) is 0 Å². The molecule has 1 aliphatic rings. The number of carbonyl (C=O) groups is 1. The number of fused-ring (bicyclic) bond motifs is 1. The van der Waals surface area contributed by atoms with Crippen LogP contribution in [0, 0.1) is 0 Å². The van der Waals surface area contributed by atoms with Gasteiger partial charge in [0.2, 0.25) is 0 Å². The summed E-state index contributed by atoms with van der Waals surface area (Å²) < 4.78 is 11.1. The van der Waals surface area contributed by atoms with Crippen molar-refractivity contribution < 1.29 is 14.3 Å². The van der Waals surface area contributed by atoms with Crippen molar-refractivity contribution in [1.29, 1.82) is 0 Å². The Morgan fingerprint density at radius 2 is 1.88 bits per heavy atom. The summed E-state index contributed by atoms with van der Waals surface area (Å²) in [6, 6.07) is 5.32. The molecule has 0 atom stereocenters. The molecule has 0 N–H and O–H groups in total. The highest BCUT2D eigenvalue weighted by Gasteiger charge is 2.12. The van der Waals surface area contributed by atoms with Crippen LogP contribution in [0.5, 0.6) is 11.5 Å². The highest BCUT2D eigenvalue weighted by Crippen LogP contribution is 2.30. The lowest BCUT2D eigenvalue weighted by atomic mass is 10.1. The first-order valence-corrected chi connectivity index (χ1v) is 5.76. The van der Waals surface area contributed by atoms with Crippen molar-refractivity contribution in [2.75, 3.05) is 13.2 Å². The second-order valence-electron chi connectivity index (χ2n) is 4.30. The maximum absolute atomic E-state index is 11.9. The smallest absolute Gasteiger partial charge is 0.185 e. The zero-order valence-corrected chi connectivity index (χ0v) is 10.2. The predicted octanol–water partition coefficient (Wildman–Crippen LogP) is 3.00. The Labute approximate surface area is 101 Å². The van der Waals surface area contributed by atoms with E-state index in [1.807, 2.05) is 13.8 Å². The van der Waals surface area contributed by atoms with Crippen molar-refractivity contribution in [3.63, 3.8) is 0 Å². The highest BCUT2D eigenvalue weighted by molar-refractivity contribution is 6.05. The van der Waals surface area contributed by atoms with Crippen molar-refractivity contribution in [3.05, 3.63) is 35.4 Å². The Kier molecular flexibility index (Phi) is 3.47. The second-order valence-corrected chi connectivity index (χ2v) is 4.30. The number of ether oxygens (including phenoxy) is 2. The Balaban J connectivity index is 2.29. The lowest BCUT2D eigenvalue weighted by Crippen LogP contribution is -1.98. The molecule has 90 valence electrons. The largest absolute Gasteiger partial charge is 0.490 e. The minimum atomic E-state index is 0.000599. The van der Waals surface area contributed by atoms with Crippen molar-refractivity contribution in [1.82, 2.24) is 0 Å². The molecule has 1 aliphatic heterocycles. The van der Waals surface area contributed by atoms with Gasteiger partial charge in [-0.25, -0.2) is 0 Å². The topological polar surface area (TPSA) is 35.5 Å². The van der Waals surface area contributed by atoms with Gasteiger partial charge >= 0.3 is 0 Å². The molecule has 0 aliphatic carbocycles. The first kappa shape index (κ1) is 11.7. The molecule has 0 saturated carbocycles. The maximum atomic E-state index is 11.9. The van der Waals surface area contributed by atoms with Gasteiger partial charge < -0.3 is 9.47 Å². The molecule has 0 radical (unpaired) electrons. The highest BCUT2D eigenvalue weighted by atomic mass is 16.5. The van der Waals surface area contributed by atoms with Crippen LogP contribution in [0.15, 0.2) is 29.8 Å². The Morgan fingerprint density at radius 3 is 2.59 bits per heavy atom. The number of rotatable bonds is 2. The Hall–Kier alpha value is -1.77. The van der Waals surface area contributed by atoms with Gasteiger partial charge in [0.15, 0.2) is 17.3 Å². The number of hydrogen-bond acceptors (Lipinski definition) is 3. The quantitative estimate of drug-likeness (QED) is 0.581. The zero-order valence-electron chi connectivity index (χ0n) is 10.2. The third kappa shape index (κ3) is 2.87. The fraction of sp³-hybridized carbons (Fsp3) is 0.357. The number of carbonyl (C=O) groups excluding carboxylic acids is 1. The van der Waals surface area contributed by atoms with Crippen molar-refractivity contribution in [3.8, 4) is 11.5 Å². The van der Waals surface area contributed by atoms with E-state index in [-0.39, 0.29) is 5.78 Å².